The third-order valence-corrected chi connectivity index (χ3v) is 6.47. The average Bonchev–Trinajstić information content (AvgIpc) is 3.26. The molecule has 0 saturated heterocycles. The van der Waals surface area contributed by atoms with Crippen molar-refractivity contribution in [3.8, 4) is 5.75 Å². The van der Waals surface area contributed by atoms with Gasteiger partial charge >= 0.3 is 6.16 Å². The molecule has 3 N–H and O–H groups in total. The number of carboxylic acid groups (broad SMARTS) is 2. The number of carbonyl (C=O) groups is 1. The number of benzene rings is 1. The zero-order valence-electron chi connectivity index (χ0n) is 17.1. The Kier molecular flexibility index (Phi) is 8.96. The Morgan fingerprint density at radius 2 is 1.84 bits per heavy atom. The Morgan fingerprint density at radius 3 is 2.53 bits per heavy atom. The molecule has 0 unspecified atom stereocenters. The molecule has 1 fully saturated rings. The number of hydrogen-bond donors (Lipinski definition) is 3. The van der Waals surface area contributed by atoms with Crippen LogP contribution < -0.4 is 10.1 Å². The lowest BCUT2D eigenvalue weighted by Crippen LogP contribution is -2.25. The largest absolute Gasteiger partial charge is 0.503 e. The normalized spacial score (nSPS) is 17.7. The van der Waals surface area contributed by atoms with Crippen LogP contribution in [0.2, 0.25) is 10.0 Å². The summed E-state index contributed by atoms with van der Waals surface area (Å²) in [5.41, 5.74) is 1.11. The molecule has 0 spiro atoms. The van der Waals surface area contributed by atoms with Crippen molar-refractivity contribution in [1.82, 2.24) is 9.97 Å². The average molecular weight is 496 g/mol. The summed E-state index contributed by atoms with van der Waals surface area (Å²) < 4.78 is 6.10. The number of nitrogens with zero attached hydrogens (tertiary/aromatic N) is 2. The molecule has 0 amide bonds. The van der Waals surface area contributed by atoms with Gasteiger partial charge in [0, 0.05) is 17.3 Å². The second-order valence-corrected chi connectivity index (χ2v) is 8.96. The molecule has 1 aliphatic rings. The van der Waals surface area contributed by atoms with Crippen molar-refractivity contribution in [3.05, 3.63) is 63.7 Å². The van der Waals surface area contributed by atoms with E-state index in [1.54, 1.807) is 23.6 Å². The van der Waals surface area contributed by atoms with Crippen molar-refractivity contribution in [2.75, 3.05) is 5.32 Å². The fourth-order valence-corrected chi connectivity index (χ4v) is 4.43. The number of hydrogen-bond acceptors (Lipinski definition) is 6. The van der Waals surface area contributed by atoms with Crippen LogP contribution in [-0.4, -0.2) is 32.4 Å². The lowest BCUT2D eigenvalue weighted by atomic mass is 9.84. The van der Waals surface area contributed by atoms with E-state index in [2.05, 4.69) is 16.4 Å². The highest BCUT2D eigenvalue weighted by Crippen LogP contribution is 2.35. The molecular formula is C22H23Cl2N3O4S. The number of rotatable bonds is 6. The number of anilines is 2. The molecule has 1 aliphatic carbocycles. The monoisotopic (exact) mass is 495 g/mol. The Balaban J connectivity index is 0.000000668. The van der Waals surface area contributed by atoms with Crippen LogP contribution in [0.4, 0.5) is 15.7 Å². The van der Waals surface area contributed by atoms with E-state index in [-0.39, 0.29) is 6.10 Å². The summed E-state index contributed by atoms with van der Waals surface area (Å²) in [6.07, 6.45) is 5.41. The predicted molar refractivity (Wildman–Crippen MR) is 127 cm³/mol. The van der Waals surface area contributed by atoms with Crippen LogP contribution in [-0.2, 0) is 6.42 Å². The number of thiazole rings is 1. The molecule has 0 aliphatic heterocycles. The maximum Gasteiger partial charge on any atom is 0.503 e. The van der Waals surface area contributed by atoms with Gasteiger partial charge in [0.25, 0.3) is 0 Å². The molecule has 7 nitrogen and oxygen atoms in total. The van der Waals surface area contributed by atoms with Crippen molar-refractivity contribution in [2.24, 2.45) is 5.92 Å². The minimum atomic E-state index is -1.83. The first kappa shape index (κ1) is 24.1. The third-order valence-electron chi connectivity index (χ3n) is 4.98. The first-order valence-electron chi connectivity index (χ1n) is 10.1. The van der Waals surface area contributed by atoms with Gasteiger partial charge in [-0.3, -0.25) is 0 Å². The summed E-state index contributed by atoms with van der Waals surface area (Å²) >= 11 is 13.9. The van der Waals surface area contributed by atoms with Crippen LogP contribution >= 0.6 is 34.5 Å². The fraction of sp³-hybridized carbons (Fsp3) is 0.318. The smallest absolute Gasteiger partial charge is 0.489 e. The van der Waals surface area contributed by atoms with Crippen LogP contribution in [0.5, 0.6) is 5.75 Å². The van der Waals surface area contributed by atoms with E-state index in [0.29, 0.717) is 21.7 Å². The summed E-state index contributed by atoms with van der Waals surface area (Å²) in [6, 6.07) is 11.6. The molecule has 4 rings (SSSR count). The minimum Gasteiger partial charge on any atom is -0.489 e. The Morgan fingerprint density at radius 1 is 1.12 bits per heavy atom. The summed E-state index contributed by atoms with van der Waals surface area (Å²) in [4.78, 5) is 17.5. The zero-order valence-corrected chi connectivity index (χ0v) is 19.4. The molecule has 3 aromatic rings. The van der Waals surface area contributed by atoms with Crippen LogP contribution in [0.15, 0.2) is 48.0 Å². The maximum absolute atomic E-state index is 8.56. The summed E-state index contributed by atoms with van der Waals surface area (Å²) in [5, 5.41) is 21.0. The van der Waals surface area contributed by atoms with Gasteiger partial charge in [0.1, 0.15) is 16.6 Å². The van der Waals surface area contributed by atoms with Crippen LogP contribution in [0.3, 0.4) is 0 Å². The second-order valence-electron chi connectivity index (χ2n) is 7.28. The van der Waals surface area contributed by atoms with E-state index >= 15 is 0 Å². The Labute approximate surface area is 200 Å². The molecule has 2 aromatic heterocycles. The van der Waals surface area contributed by atoms with E-state index in [4.69, 9.17) is 47.9 Å². The van der Waals surface area contributed by atoms with E-state index in [0.717, 1.165) is 48.7 Å². The number of ether oxygens (including phenoxy) is 1. The Bertz CT molecular complexity index is 1010. The number of halogens is 2. The predicted octanol–water partition coefficient (Wildman–Crippen LogP) is 6.99. The van der Waals surface area contributed by atoms with Gasteiger partial charge in [-0.2, -0.15) is 0 Å². The molecule has 2 heterocycles. The van der Waals surface area contributed by atoms with Crippen molar-refractivity contribution in [1.29, 1.82) is 0 Å². The topological polar surface area (TPSA) is 105 Å². The molecule has 0 radical (unpaired) electrons. The number of nitrogens with one attached hydrogen (secondary N) is 1. The quantitative estimate of drug-likeness (QED) is 0.338. The molecular weight excluding hydrogens is 473 g/mol. The Hall–Kier alpha value is -2.55. The van der Waals surface area contributed by atoms with E-state index in [9.17, 15) is 0 Å². The number of aromatic nitrogens is 2. The van der Waals surface area contributed by atoms with Crippen molar-refractivity contribution in [3.63, 3.8) is 0 Å². The summed E-state index contributed by atoms with van der Waals surface area (Å²) in [5.74, 6) is 2.15. The van der Waals surface area contributed by atoms with Gasteiger partial charge in [0.15, 0.2) is 5.13 Å². The molecule has 0 atom stereocenters. The first-order chi connectivity index (χ1) is 15.4. The third kappa shape index (κ3) is 7.55. The molecule has 1 saturated carbocycles. The maximum atomic E-state index is 8.56. The lowest BCUT2D eigenvalue weighted by Gasteiger charge is -2.29. The van der Waals surface area contributed by atoms with Gasteiger partial charge in [-0.05, 0) is 62.3 Å². The minimum absolute atomic E-state index is 0.193. The van der Waals surface area contributed by atoms with Crippen molar-refractivity contribution in [2.45, 2.75) is 38.2 Å². The van der Waals surface area contributed by atoms with E-state index in [1.807, 2.05) is 29.6 Å². The molecule has 1 aromatic carbocycles. The molecule has 170 valence electrons. The molecule has 32 heavy (non-hydrogen) atoms. The highest BCUT2D eigenvalue weighted by atomic mass is 35.5. The highest BCUT2D eigenvalue weighted by molar-refractivity contribution is 7.13. The molecule has 0 bridgehead atoms. The first-order valence-corrected chi connectivity index (χ1v) is 11.7. The van der Waals surface area contributed by atoms with Crippen LogP contribution in [0.25, 0.3) is 0 Å². The standard InChI is InChI=1S/C21H21Cl2N3OS.CH2O3/c22-17-4-2-5-18(20(17)23)27-16-9-7-14(8-10-16)13-15-3-1-6-19(25-15)26-21-24-11-12-28-21;2-1(3)4/h1-6,11-12,14,16H,7-10,13H2,(H,24,25,26);(H2,2,3,4). The summed E-state index contributed by atoms with van der Waals surface area (Å²) in [6.45, 7) is 0. The van der Waals surface area contributed by atoms with E-state index < -0.39 is 6.16 Å². The van der Waals surface area contributed by atoms with Crippen LogP contribution in [0, 0.1) is 5.92 Å². The highest BCUT2D eigenvalue weighted by Gasteiger charge is 2.24. The second kappa shape index (κ2) is 11.9. The van der Waals surface area contributed by atoms with Gasteiger partial charge in [0.05, 0.1) is 11.1 Å². The van der Waals surface area contributed by atoms with Gasteiger partial charge in [-0.1, -0.05) is 35.3 Å². The van der Waals surface area contributed by atoms with Crippen LogP contribution in [0.1, 0.15) is 31.4 Å². The zero-order chi connectivity index (χ0) is 22.9. The fourth-order valence-electron chi connectivity index (χ4n) is 3.56. The van der Waals surface area contributed by atoms with Crippen molar-refractivity contribution < 1.29 is 19.7 Å². The van der Waals surface area contributed by atoms with E-state index in [1.165, 1.54) is 0 Å². The number of pyridine rings is 1. The van der Waals surface area contributed by atoms with Crippen molar-refractivity contribution >= 4 is 51.6 Å². The summed E-state index contributed by atoms with van der Waals surface area (Å²) in [7, 11) is 0. The van der Waals surface area contributed by atoms with Gasteiger partial charge in [-0.25, -0.2) is 14.8 Å². The van der Waals surface area contributed by atoms with Gasteiger partial charge < -0.3 is 20.3 Å². The SMILES string of the molecule is Clc1cccc(OC2CCC(Cc3cccc(Nc4nccs4)n3)CC2)c1Cl.O=C(O)O. The lowest BCUT2D eigenvalue weighted by molar-refractivity contribution is 0.131. The van der Waals surface area contributed by atoms with Gasteiger partial charge in [-0.15, -0.1) is 11.3 Å². The molecule has 10 heteroatoms. The van der Waals surface area contributed by atoms with Gasteiger partial charge in [0.2, 0.25) is 0 Å².